The highest BCUT2D eigenvalue weighted by Crippen LogP contribution is 2.14. The molecule has 0 aliphatic carbocycles. The Morgan fingerprint density at radius 1 is 0.560 bits per heavy atom. The number of unbranched alkanes of at least 4 members (excludes halogenated alkanes) is 16. The van der Waals surface area contributed by atoms with Crippen LogP contribution in [0.3, 0.4) is 0 Å². The maximum atomic E-state index is 13.0. The molecule has 0 bridgehead atoms. The van der Waals surface area contributed by atoms with Crippen LogP contribution in [-0.2, 0) is 41.8 Å². The standard InChI is InChI=1S/C42H66N2O6/c1-2-3-4-5-6-7-8-9-10-11-12-13-14-15-16-25-32-50-42(47)39(44-41(46)36-49-34-38-28-21-18-22-29-38)30-23-24-31-43-40(45)35-48-33-37-26-19-17-20-27-37/h17-22,26-29,39H,2-16,23-25,30-36H2,1H3,(H,43,45)(H,44,46). The van der Waals surface area contributed by atoms with Gasteiger partial charge in [-0.1, -0.05) is 164 Å². The van der Waals surface area contributed by atoms with E-state index >= 15 is 0 Å². The number of carbonyl (C=O) groups is 3. The van der Waals surface area contributed by atoms with Crippen molar-refractivity contribution in [3.8, 4) is 0 Å². The van der Waals surface area contributed by atoms with Gasteiger partial charge in [0.25, 0.3) is 0 Å². The monoisotopic (exact) mass is 694 g/mol. The zero-order valence-corrected chi connectivity index (χ0v) is 31.0. The molecule has 0 aliphatic heterocycles. The van der Waals surface area contributed by atoms with Crippen molar-refractivity contribution < 1.29 is 28.6 Å². The summed E-state index contributed by atoms with van der Waals surface area (Å²) in [5, 5.41) is 5.66. The third kappa shape index (κ3) is 24.0. The fraction of sp³-hybridized carbons (Fsp3) is 0.643. The van der Waals surface area contributed by atoms with E-state index in [9.17, 15) is 14.4 Å². The summed E-state index contributed by atoms with van der Waals surface area (Å²) in [6, 6.07) is 18.6. The highest BCUT2D eigenvalue weighted by molar-refractivity contribution is 5.85. The lowest BCUT2D eigenvalue weighted by Gasteiger charge is -2.18. The molecule has 0 radical (unpaired) electrons. The average molecular weight is 695 g/mol. The molecule has 0 aromatic heterocycles. The molecule has 8 heteroatoms. The first-order valence-corrected chi connectivity index (χ1v) is 19.5. The van der Waals surface area contributed by atoms with Crippen molar-refractivity contribution >= 4 is 17.8 Å². The van der Waals surface area contributed by atoms with E-state index in [4.69, 9.17) is 14.2 Å². The molecule has 50 heavy (non-hydrogen) atoms. The number of hydrogen-bond acceptors (Lipinski definition) is 6. The molecule has 280 valence electrons. The van der Waals surface area contributed by atoms with Crippen LogP contribution < -0.4 is 10.6 Å². The van der Waals surface area contributed by atoms with Gasteiger partial charge >= 0.3 is 5.97 Å². The van der Waals surface area contributed by atoms with E-state index in [2.05, 4.69) is 17.6 Å². The van der Waals surface area contributed by atoms with Crippen LogP contribution in [0.4, 0.5) is 0 Å². The number of esters is 1. The van der Waals surface area contributed by atoms with E-state index in [0.29, 0.717) is 45.6 Å². The molecule has 0 spiro atoms. The van der Waals surface area contributed by atoms with Crippen LogP contribution >= 0.6 is 0 Å². The van der Waals surface area contributed by atoms with Gasteiger partial charge in [0.2, 0.25) is 11.8 Å². The van der Waals surface area contributed by atoms with Gasteiger partial charge in [0.05, 0.1) is 19.8 Å². The molecule has 2 aromatic rings. The summed E-state index contributed by atoms with van der Waals surface area (Å²) in [5.74, 6) is -0.950. The van der Waals surface area contributed by atoms with Crippen molar-refractivity contribution in [3.63, 3.8) is 0 Å². The number of ether oxygens (including phenoxy) is 3. The fourth-order valence-corrected chi connectivity index (χ4v) is 5.83. The molecule has 0 heterocycles. The van der Waals surface area contributed by atoms with E-state index in [1.807, 2.05) is 60.7 Å². The Balaban J connectivity index is 1.58. The Hall–Kier alpha value is -3.23. The van der Waals surface area contributed by atoms with Crippen LogP contribution in [0.25, 0.3) is 0 Å². The molecule has 8 nitrogen and oxygen atoms in total. The van der Waals surface area contributed by atoms with Crippen molar-refractivity contribution in [2.75, 3.05) is 26.4 Å². The SMILES string of the molecule is CCCCCCCCCCCCCCCCCCOC(=O)C(CCCCNC(=O)COCc1ccccc1)NC(=O)COCc1ccccc1. The third-order valence-electron chi connectivity index (χ3n) is 8.79. The lowest BCUT2D eigenvalue weighted by molar-refractivity contribution is -0.148. The zero-order valence-electron chi connectivity index (χ0n) is 31.0. The second-order valence-corrected chi connectivity index (χ2v) is 13.4. The van der Waals surface area contributed by atoms with Crippen LogP contribution in [0, 0.1) is 0 Å². The first kappa shape index (κ1) is 42.9. The van der Waals surface area contributed by atoms with Gasteiger partial charge in [0, 0.05) is 6.54 Å². The Morgan fingerprint density at radius 3 is 1.52 bits per heavy atom. The van der Waals surface area contributed by atoms with E-state index in [0.717, 1.165) is 30.4 Å². The minimum Gasteiger partial charge on any atom is -0.464 e. The molecular formula is C42H66N2O6. The summed E-state index contributed by atoms with van der Waals surface area (Å²) in [4.78, 5) is 37.8. The van der Waals surface area contributed by atoms with Crippen LogP contribution in [0.2, 0.25) is 0 Å². The molecule has 1 atom stereocenters. The van der Waals surface area contributed by atoms with Crippen molar-refractivity contribution in [1.82, 2.24) is 10.6 Å². The highest BCUT2D eigenvalue weighted by atomic mass is 16.5. The smallest absolute Gasteiger partial charge is 0.328 e. The van der Waals surface area contributed by atoms with Crippen LogP contribution in [0.1, 0.15) is 140 Å². The second-order valence-electron chi connectivity index (χ2n) is 13.4. The topological polar surface area (TPSA) is 103 Å². The summed E-state index contributed by atoms with van der Waals surface area (Å²) in [6.07, 6.45) is 22.3. The van der Waals surface area contributed by atoms with Crippen molar-refractivity contribution in [3.05, 3.63) is 71.8 Å². The van der Waals surface area contributed by atoms with Gasteiger partial charge in [-0.25, -0.2) is 4.79 Å². The van der Waals surface area contributed by atoms with E-state index in [1.165, 1.54) is 83.5 Å². The van der Waals surface area contributed by atoms with Crippen molar-refractivity contribution in [1.29, 1.82) is 0 Å². The van der Waals surface area contributed by atoms with Crippen molar-refractivity contribution in [2.24, 2.45) is 0 Å². The Morgan fingerprint density at radius 2 is 1.02 bits per heavy atom. The normalized spacial score (nSPS) is 11.6. The first-order valence-electron chi connectivity index (χ1n) is 19.5. The predicted octanol–water partition coefficient (Wildman–Crippen LogP) is 9.00. The maximum absolute atomic E-state index is 13.0. The van der Waals surface area contributed by atoms with Gasteiger partial charge in [-0.05, 0) is 36.8 Å². The highest BCUT2D eigenvalue weighted by Gasteiger charge is 2.22. The molecule has 2 amide bonds. The molecule has 2 rings (SSSR count). The minimum absolute atomic E-state index is 0.0117. The minimum atomic E-state index is -0.756. The lowest BCUT2D eigenvalue weighted by Crippen LogP contribution is -2.43. The van der Waals surface area contributed by atoms with Crippen molar-refractivity contribution in [2.45, 2.75) is 148 Å². The summed E-state index contributed by atoms with van der Waals surface area (Å²) in [5.41, 5.74) is 1.99. The molecular weight excluding hydrogens is 628 g/mol. The number of benzene rings is 2. The Kier molecular flexibility index (Phi) is 26.3. The predicted molar refractivity (Wildman–Crippen MR) is 201 cm³/mol. The van der Waals surface area contributed by atoms with E-state index < -0.39 is 12.0 Å². The zero-order chi connectivity index (χ0) is 35.7. The fourth-order valence-electron chi connectivity index (χ4n) is 5.83. The number of hydrogen-bond donors (Lipinski definition) is 2. The molecule has 2 N–H and O–H groups in total. The first-order chi connectivity index (χ1) is 24.6. The Labute approximate surface area is 302 Å². The van der Waals surface area contributed by atoms with Gasteiger partial charge in [0.1, 0.15) is 19.3 Å². The molecule has 0 fully saturated rings. The summed E-state index contributed by atoms with van der Waals surface area (Å²) in [7, 11) is 0. The van der Waals surface area contributed by atoms with Gasteiger partial charge in [0.15, 0.2) is 0 Å². The second kappa shape index (κ2) is 30.6. The van der Waals surface area contributed by atoms with E-state index in [1.54, 1.807) is 0 Å². The number of carbonyl (C=O) groups excluding carboxylic acids is 3. The van der Waals surface area contributed by atoms with E-state index in [-0.39, 0.29) is 25.0 Å². The van der Waals surface area contributed by atoms with Gasteiger partial charge < -0.3 is 24.8 Å². The summed E-state index contributed by atoms with van der Waals surface area (Å²) in [6.45, 7) is 3.63. The number of amides is 2. The summed E-state index contributed by atoms with van der Waals surface area (Å²) < 4.78 is 16.6. The lowest BCUT2D eigenvalue weighted by atomic mass is 10.0. The summed E-state index contributed by atoms with van der Waals surface area (Å²) >= 11 is 0. The van der Waals surface area contributed by atoms with Gasteiger partial charge in [-0.3, -0.25) is 9.59 Å². The van der Waals surface area contributed by atoms with Gasteiger partial charge in [-0.2, -0.15) is 0 Å². The molecule has 0 aliphatic rings. The maximum Gasteiger partial charge on any atom is 0.328 e. The number of rotatable bonds is 32. The van der Waals surface area contributed by atoms with Gasteiger partial charge in [-0.15, -0.1) is 0 Å². The molecule has 1 unspecified atom stereocenters. The number of nitrogens with one attached hydrogen (secondary N) is 2. The molecule has 0 saturated heterocycles. The largest absolute Gasteiger partial charge is 0.464 e. The van der Waals surface area contributed by atoms with Crippen LogP contribution in [0.15, 0.2) is 60.7 Å². The molecule has 2 aromatic carbocycles. The Bertz CT molecular complexity index is 1110. The van der Waals surface area contributed by atoms with Crippen LogP contribution in [-0.4, -0.2) is 50.2 Å². The van der Waals surface area contributed by atoms with Crippen LogP contribution in [0.5, 0.6) is 0 Å². The molecule has 0 saturated carbocycles. The average Bonchev–Trinajstić information content (AvgIpc) is 3.13. The third-order valence-corrected chi connectivity index (χ3v) is 8.79. The quantitative estimate of drug-likeness (QED) is 0.0586.